The first kappa shape index (κ1) is 16.0. The third-order valence-electron chi connectivity index (χ3n) is 2.49. The highest BCUT2D eigenvalue weighted by atomic mass is 16.5. The van der Waals surface area contributed by atoms with Gasteiger partial charge in [-0.15, -0.1) is 0 Å². The lowest BCUT2D eigenvalue weighted by molar-refractivity contribution is -0.116. The topological polar surface area (TPSA) is 67.8 Å². The van der Waals surface area contributed by atoms with Crippen molar-refractivity contribution in [2.24, 2.45) is 0 Å². The monoisotopic (exact) mass is 279 g/mol. The van der Waals surface area contributed by atoms with Crippen LogP contribution >= 0.6 is 0 Å². The molecule has 20 heavy (non-hydrogen) atoms. The average Bonchev–Trinajstić information content (AvgIpc) is 2.49. The van der Waals surface area contributed by atoms with Gasteiger partial charge in [0.05, 0.1) is 20.3 Å². The van der Waals surface area contributed by atoms with Crippen molar-refractivity contribution in [2.45, 2.75) is 13.3 Å². The highest BCUT2D eigenvalue weighted by molar-refractivity contribution is 5.91. The van der Waals surface area contributed by atoms with Crippen molar-refractivity contribution in [3.8, 4) is 11.5 Å². The van der Waals surface area contributed by atoms with Crippen molar-refractivity contribution in [3.63, 3.8) is 0 Å². The smallest absolute Gasteiger partial charge is 0.244 e. The van der Waals surface area contributed by atoms with E-state index in [0.717, 1.165) is 12.0 Å². The van der Waals surface area contributed by atoms with E-state index in [1.807, 2.05) is 19.1 Å². The van der Waals surface area contributed by atoms with E-state index in [-0.39, 0.29) is 19.1 Å². The van der Waals surface area contributed by atoms with E-state index in [0.29, 0.717) is 18.1 Å². The molecule has 5 nitrogen and oxygen atoms in total. The van der Waals surface area contributed by atoms with Crippen LogP contribution < -0.4 is 14.8 Å². The minimum Gasteiger partial charge on any atom is -0.493 e. The van der Waals surface area contributed by atoms with Crippen LogP contribution in [0.3, 0.4) is 0 Å². The largest absolute Gasteiger partial charge is 0.493 e. The third-order valence-corrected chi connectivity index (χ3v) is 2.49. The molecule has 1 rings (SSSR count). The van der Waals surface area contributed by atoms with Crippen molar-refractivity contribution < 1.29 is 19.4 Å². The molecule has 110 valence electrons. The van der Waals surface area contributed by atoms with Crippen LogP contribution in [0.5, 0.6) is 11.5 Å². The van der Waals surface area contributed by atoms with Crippen LogP contribution in [0.2, 0.25) is 0 Å². The second kappa shape index (κ2) is 8.98. The molecule has 0 bridgehead atoms. The maximum Gasteiger partial charge on any atom is 0.244 e. The molecule has 0 aromatic heterocycles. The van der Waals surface area contributed by atoms with Crippen LogP contribution in [-0.4, -0.2) is 37.9 Å². The number of amides is 1. The fourth-order valence-corrected chi connectivity index (χ4v) is 1.53. The second-order valence-corrected chi connectivity index (χ2v) is 4.11. The minimum absolute atomic E-state index is 0.0726. The zero-order valence-electron chi connectivity index (χ0n) is 11.9. The van der Waals surface area contributed by atoms with E-state index >= 15 is 0 Å². The summed E-state index contributed by atoms with van der Waals surface area (Å²) in [5.41, 5.74) is 0.838. The van der Waals surface area contributed by atoms with Gasteiger partial charge in [0.1, 0.15) is 0 Å². The lowest BCUT2D eigenvalue weighted by Gasteiger charge is -2.10. The number of nitrogens with one attached hydrogen (secondary N) is 1. The summed E-state index contributed by atoms with van der Waals surface area (Å²) in [4.78, 5) is 11.4. The van der Waals surface area contributed by atoms with Gasteiger partial charge in [-0.1, -0.05) is 13.0 Å². The van der Waals surface area contributed by atoms with Gasteiger partial charge in [0.25, 0.3) is 0 Å². The van der Waals surface area contributed by atoms with E-state index in [1.165, 1.54) is 6.08 Å². The summed E-state index contributed by atoms with van der Waals surface area (Å²) in [5.74, 6) is 1.08. The predicted molar refractivity (Wildman–Crippen MR) is 77.9 cm³/mol. The third kappa shape index (κ3) is 5.32. The number of carbonyl (C=O) groups excluding carboxylic acids is 1. The Balaban J connectivity index is 2.72. The van der Waals surface area contributed by atoms with Gasteiger partial charge in [0.2, 0.25) is 5.91 Å². The maximum absolute atomic E-state index is 11.4. The number of aliphatic hydroxyl groups excluding tert-OH is 1. The maximum atomic E-state index is 11.4. The first-order chi connectivity index (χ1) is 9.71. The van der Waals surface area contributed by atoms with Crippen LogP contribution in [0.25, 0.3) is 6.08 Å². The average molecular weight is 279 g/mol. The number of ether oxygens (including phenoxy) is 2. The van der Waals surface area contributed by atoms with Gasteiger partial charge >= 0.3 is 0 Å². The fraction of sp³-hybridized carbons (Fsp3) is 0.400. The minimum atomic E-state index is -0.246. The summed E-state index contributed by atoms with van der Waals surface area (Å²) in [6.45, 7) is 2.84. The SMILES string of the molecule is CCCOc1ccc(/C=C/C(=O)NCCO)cc1OC. The quantitative estimate of drug-likeness (QED) is 0.709. The molecule has 0 heterocycles. The Hall–Kier alpha value is -2.01. The normalized spacial score (nSPS) is 10.6. The van der Waals surface area contributed by atoms with Gasteiger partial charge in [0, 0.05) is 12.6 Å². The number of methoxy groups -OCH3 is 1. The van der Waals surface area contributed by atoms with Crippen molar-refractivity contribution >= 4 is 12.0 Å². The number of hydrogen-bond acceptors (Lipinski definition) is 4. The van der Waals surface area contributed by atoms with Crippen molar-refractivity contribution in [2.75, 3.05) is 26.9 Å². The Morgan fingerprint density at radius 2 is 2.20 bits per heavy atom. The molecule has 2 N–H and O–H groups in total. The van der Waals surface area contributed by atoms with Crippen LogP contribution in [0.4, 0.5) is 0 Å². The molecule has 0 aliphatic rings. The summed E-state index contributed by atoms with van der Waals surface area (Å²) in [6, 6.07) is 5.48. The molecular formula is C15H21NO4. The van der Waals surface area contributed by atoms with Gasteiger partial charge < -0.3 is 19.9 Å². The summed E-state index contributed by atoms with van der Waals surface area (Å²) >= 11 is 0. The summed E-state index contributed by atoms with van der Waals surface area (Å²) in [6.07, 6.45) is 4.02. The van der Waals surface area contributed by atoms with E-state index < -0.39 is 0 Å². The van der Waals surface area contributed by atoms with Crippen LogP contribution in [0.1, 0.15) is 18.9 Å². The van der Waals surface area contributed by atoms with Crippen LogP contribution in [0, 0.1) is 0 Å². The Morgan fingerprint density at radius 1 is 1.40 bits per heavy atom. The molecule has 1 aromatic rings. The number of carbonyl (C=O) groups is 1. The second-order valence-electron chi connectivity index (χ2n) is 4.11. The summed E-state index contributed by atoms with van der Waals surface area (Å²) < 4.78 is 10.8. The molecule has 0 saturated carbocycles. The van der Waals surface area contributed by atoms with Crippen LogP contribution in [-0.2, 0) is 4.79 Å². The van der Waals surface area contributed by atoms with E-state index in [9.17, 15) is 4.79 Å². The van der Waals surface area contributed by atoms with Gasteiger partial charge in [-0.25, -0.2) is 0 Å². The zero-order chi connectivity index (χ0) is 14.8. The number of aliphatic hydroxyl groups is 1. The number of hydrogen-bond donors (Lipinski definition) is 2. The molecule has 0 aliphatic heterocycles. The molecule has 0 fully saturated rings. The van der Waals surface area contributed by atoms with Crippen molar-refractivity contribution in [3.05, 3.63) is 29.8 Å². The van der Waals surface area contributed by atoms with E-state index in [2.05, 4.69) is 5.32 Å². The summed E-state index contributed by atoms with van der Waals surface area (Å²) in [7, 11) is 1.58. The Labute approximate surface area is 119 Å². The highest BCUT2D eigenvalue weighted by Gasteiger charge is 2.04. The lowest BCUT2D eigenvalue weighted by Crippen LogP contribution is -2.24. The van der Waals surface area contributed by atoms with Gasteiger partial charge in [-0.05, 0) is 30.2 Å². The van der Waals surface area contributed by atoms with E-state index in [4.69, 9.17) is 14.6 Å². The molecule has 1 amide bonds. The van der Waals surface area contributed by atoms with Gasteiger partial charge in [-0.2, -0.15) is 0 Å². The molecule has 0 radical (unpaired) electrons. The van der Waals surface area contributed by atoms with Gasteiger partial charge in [-0.3, -0.25) is 4.79 Å². The van der Waals surface area contributed by atoms with E-state index in [1.54, 1.807) is 19.3 Å². The Bertz CT molecular complexity index is 457. The lowest BCUT2D eigenvalue weighted by atomic mass is 10.2. The highest BCUT2D eigenvalue weighted by Crippen LogP contribution is 2.28. The molecule has 0 spiro atoms. The molecule has 0 aliphatic carbocycles. The molecule has 0 unspecified atom stereocenters. The molecule has 5 heteroatoms. The first-order valence-corrected chi connectivity index (χ1v) is 6.58. The molecule has 1 aromatic carbocycles. The number of rotatable bonds is 8. The van der Waals surface area contributed by atoms with Crippen molar-refractivity contribution in [1.82, 2.24) is 5.32 Å². The molecule has 0 saturated heterocycles. The molecule has 0 atom stereocenters. The predicted octanol–water partition coefficient (Wildman–Crippen LogP) is 1.61. The van der Waals surface area contributed by atoms with Gasteiger partial charge in [0.15, 0.2) is 11.5 Å². The first-order valence-electron chi connectivity index (χ1n) is 6.58. The molecular weight excluding hydrogens is 258 g/mol. The number of benzene rings is 1. The standard InChI is InChI=1S/C15H21NO4/c1-3-10-20-13-6-4-12(11-14(13)19-2)5-7-15(18)16-8-9-17/h4-7,11,17H,3,8-10H2,1-2H3,(H,16,18)/b7-5+. The summed E-state index contributed by atoms with van der Waals surface area (Å²) in [5, 5.41) is 11.1. The van der Waals surface area contributed by atoms with Crippen molar-refractivity contribution in [1.29, 1.82) is 0 Å². The van der Waals surface area contributed by atoms with Crippen LogP contribution in [0.15, 0.2) is 24.3 Å². The Kier molecular flexibility index (Phi) is 7.21. The zero-order valence-corrected chi connectivity index (χ0v) is 11.9. The Morgan fingerprint density at radius 3 is 2.85 bits per heavy atom. The fourth-order valence-electron chi connectivity index (χ4n) is 1.53.